The van der Waals surface area contributed by atoms with Gasteiger partial charge >= 0.3 is 0 Å². The van der Waals surface area contributed by atoms with Crippen LogP contribution in [0.1, 0.15) is 0 Å². The summed E-state index contributed by atoms with van der Waals surface area (Å²) in [5.74, 6) is -2.43. The molecule has 1 rings (SSSR count). The Hall–Kier alpha value is -0.900. The molecule has 0 radical (unpaired) electrons. The van der Waals surface area contributed by atoms with Crippen LogP contribution in [-0.4, -0.2) is 12.0 Å². The van der Waals surface area contributed by atoms with Crippen molar-refractivity contribution in [2.24, 2.45) is 11.5 Å². The summed E-state index contributed by atoms with van der Waals surface area (Å²) in [6.45, 7) is 0. The summed E-state index contributed by atoms with van der Waals surface area (Å²) in [4.78, 5) is 0. The van der Waals surface area contributed by atoms with E-state index in [0.29, 0.717) is 0 Å². The van der Waals surface area contributed by atoms with Crippen LogP contribution in [0.5, 0.6) is 0 Å². The summed E-state index contributed by atoms with van der Waals surface area (Å²) in [5.41, 5.74) is 9.76. The van der Waals surface area contributed by atoms with Crippen molar-refractivity contribution in [3.05, 3.63) is 23.9 Å². The van der Waals surface area contributed by atoms with Crippen molar-refractivity contribution in [1.82, 2.24) is 0 Å². The Bertz CT molecular complexity index is 196. The summed E-state index contributed by atoms with van der Waals surface area (Å²) in [7, 11) is 0. The van der Waals surface area contributed by atoms with Gasteiger partial charge in [-0.15, -0.1) is 0 Å². The molecule has 2 nitrogen and oxygen atoms in total. The number of allylic oxidation sites excluding steroid dienone is 2. The van der Waals surface area contributed by atoms with Crippen molar-refractivity contribution in [1.29, 1.82) is 0 Å². The number of alkyl halides is 2. The van der Waals surface area contributed by atoms with Gasteiger partial charge in [0.1, 0.15) is 0 Å². The van der Waals surface area contributed by atoms with Gasteiger partial charge in [-0.1, -0.05) is 6.08 Å². The van der Waals surface area contributed by atoms with Crippen LogP contribution >= 0.6 is 0 Å². The van der Waals surface area contributed by atoms with Gasteiger partial charge in [-0.2, -0.15) is 0 Å². The first-order chi connectivity index (χ1) is 4.54. The molecule has 0 saturated heterocycles. The molecule has 0 heterocycles. The maximum atomic E-state index is 12.7. The Morgan fingerprint density at radius 1 is 1.60 bits per heavy atom. The third-order valence-electron chi connectivity index (χ3n) is 1.32. The molecule has 0 aromatic heterocycles. The minimum absolute atomic E-state index is 0.174. The molecule has 0 aromatic carbocycles. The third kappa shape index (κ3) is 1.02. The Labute approximate surface area is 57.2 Å². The molecule has 4 heteroatoms. The lowest BCUT2D eigenvalue weighted by Gasteiger charge is -2.23. The smallest absolute Gasteiger partial charge is 0.215 e. The van der Waals surface area contributed by atoms with E-state index in [9.17, 15) is 8.78 Å². The van der Waals surface area contributed by atoms with Gasteiger partial charge in [0, 0.05) is 5.70 Å². The number of hydrogen-bond donors (Lipinski definition) is 2. The summed E-state index contributed by atoms with van der Waals surface area (Å²) in [5, 5.41) is 0. The van der Waals surface area contributed by atoms with E-state index in [0.717, 1.165) is 6.08 Å². The minimum atomic E-state index is -2.43. The highest BCUT2D eigenvalue weighted by Gasteiger charge is 2.36. The predicted molar refractivity (Wildman–Crippen MR) is 34.3 cm³/mol. The van der Waals surface area contributed by atoms with Crippen LogP contribution in [0.4, 0.5) is 8.78 Å². The molecule has 2 atom stereocenters. The van der Waals surface area contributed by atoms with E-state index < -0.39 is 12.0 Å². The molecule has 0 aliphatic heterocycles. The molecule has 56 valence electrons. The van der Waals surface area contributed by atoms with E-state index in [2.05, 4.69) is 0 Å². The summed E-state index contributed by atoms with van der Waals surface area (Å²) in [6.07, 6.45) is 1.60. The van der Waals surface area contributed by atoms with Gasteiger partial charge in [0.25, 0.3) is 0 Å². The van der Waals surface area contributed by atoms with E-state index in [1.54, 1.807) is 0 Å². The van der Waals surface area contributed by atoms with Crippen LogP contribution in [0.15, 0.2) is 23.9 Å². The molecular weight excluding hydrogens is 138 g/mol. The number of nitrogens with two attached hydrogens (primary N) is 2. The normalized spacial score (nSPS) is 39.5. The quantitative estimate of drug-likeness (QED) is 0.485. The molecule has 0 amide bonds. The van der Waals surface area contributed by atoms with Crippen LogP contribution in [0.2, 0.25) is 0 Å². The second kappa shape index (κ2) is 2.05. The van der Waals surface area contributed by atoms with Crippen molar-refractivity contribution >= 4 is 0 Å². The van der Waals surface area contributed by atoms with Crippen molar-refractivity contribution < 1.29 is 8.78 Å². The zero-order valence-corrected chi connectivity index (χ0v) is 5.22. The van der Waals surface area contributed by atoms with E-state index in [1.807, 2.05) is 0 Å². The highest BCUT2D eigenvalue weighted by molar-refractivity contribution is 5.27. The second-order valence-corrected chi connectivity index (χ2v) is 2.22. The second-order valence-electron chi connectivity index (χ2n) is 2.22. The molecular formula is C6H8F2N2. The summed E-state index contributed by atoms with van der Waals surface area (Å²) < 4.78 is 25.3. The van der Waals surface area contributed by atoms with Gasteiger partial charge in [-0.25, -0.2) is 8.78 Å². The first-order valence-electron chi connectivity index (χ1n) is 2.81. The zero-order valence-electron chi connectivity index (χ0n) is 5.22. The van der Waals surface area contributed by atoms with E-state index in [4.69, 9.17) is 11.5 Å². The number of hydrogen-bond acceptors (Lipinski definition) is 2. The Balaban J connectivity index is 2.89. The Morgan fingerprint density at radius 3 is 2.60 bits per heavy atom. The first-order valence-corrected chi connectivity index (χ1v) is 2.81. The maximum Gasteiger partial charge on any atom is 0.215 e. The van der Waals surface area contributed by atoms with E-state index in [-0.39, 0.29) is 5.70 Å². The third-order valence-corrected chi connectivity index (χ3v) is 1.32. The molecule has 2 unspecified atom stereocenters. The fourth-order valence-corrected chi connectivity index (χ4v) is 0.731. The Kier molecular flexibility index (Phi) is 1.48. The average Bonchev–Trinajstić information content (AvgIpc) is 1.83. The maximum absolute atomic E-state index is 12.7. The molecule has 0 bridgehead atoms. The van der Waals surface area contributed by atoms with Crippen LogP contribution in [-0.2, 0) is 0 Å². The summed E-state index contributed by atoms with van der Waals surface area (Å²) in [6, 6.07) is 0. The topological polar surface area (TPSA) is 52.0 Å². The van der Waals surface area contributed by atoms with Gasteiger partial charge in [0.15, 0.2) is 6.17 Å². The average molecular weight is 146 g/mol. The molecule has 10 heavy (non-hydrogen) atoms. The fourth-order valence-electron chi connectivity index (χ4n) is 0.731. The van der Waals surface area contributed by atoms with Gasteiger partial charge in [0.05, 0.1) is 0 Å². The van der Waals surface area contributed by atoms with Gasteiger partial charge in [0.2, 0.25) is 5.79 Å². The molecule has 1 aliphatic rings. The van der Waals surface area contributed by atoms with Gasteiger partial charge in [-0.3, -0.25) is 5.73 Å². The van der Waals surface area contributed by atoms with Gasteiger partial charge < -0.3 is 5.73 Å². The fraction of sp³-hybridized carbons (Fsp3) is 0.333. The molecule has 0 fully saturated rings. The molecule has 0 aromatic rings. The van der Waals surface area contributed by atoms with Crippen LogP contribution in [0, 0.1) is 0 Å². The number of rotatable bonds is 0. The largest absolute Gasteiger partial charge is 0.400 e. The van der Waals surface area contributed by atoms with Crippen LogP contribution in [0.25, 0.3) is 0 Å². The SMILES string of the molecule is NC1=CC=CC(N)(F)C1F. The lowest BCUT2D eigenvalue weighted by atomic mass is 10.0. The zero-order chi connectivity index (χ0) is 7.78. The molecule has 0 saturated carbocycles. The molecule has 4 N–H and O–H groups in total. The minimum Gasteiger partial charge on any atom is -0.400 e. The highest BCUT2D eigenvalue weighted by Crippen LogP contribution is 2.22. The lowest BCUT2D eigenvalue weighted by Crippen LogP contribution is -2.46. The Morgan fingerprint density at radius 2 is 2.20 bits per heavy atom. The first kappa shape index (κ1) is 7.21. The number of halogens is 2. The van der Waals surface area contributed by atoms with Crippen molar-refractivity contribution in [3.8, 4) is 0 Å². The van der Waals surface area contributed by atoms with E-state index in [1.165, 1.54) is 12.2 Å². The lowest BCUT2D eigenvalue weighted by molar-refractivity contribution is 0.122. The predicted octanol–water partition coefficient (Wildman–Crippen LogP) is 0.361. The van der Waals surface area contributed by atoms with Crippen LogP contribution in [0.3, 0.4) is 0 Å². The van der Waals surface area contributed by atoms with Gasteiger partial charge in [-0.05, 0) is 12.2 Å². The molecule has 1 aliphatic carbocycles. The monoisotopic (exact) mass is 146 g/mol. The molecule has 0 spiro atoms. The summed E-state index contributed by atoms with van der Waals surface area (Å²) >= 11 is 0. The van der Waals surface area contributed by atoms with Crippen LogP contribution < -0.4 is 11.5 Å². The standard InChI is InChI=1S/C6H8F2N2/c7-5-4(9)2-1-3-6(5,8)10/h1-3,5H,9-10H2. The van der Waals surface area contributed by atoms with Crippen molar-refractivity contribution in [3.63, 3.8) is 0 Å². The van der Waals surface area contributed by atoms with E-state index >= 15 is 0 Å². The van der Waals surface area contributed by atoms with Crippen molar-refractivity contribution in [2.75, 3.05) is 0 Å². The van der Waals surface area contributed by atoms with Crippen molar-refractivity contribution in [2.45, 2.75) is 12.0 Å². The highest BCUT2D eigenvalue weighted by atomic mass is 19.2.